The molecule has 1 aliphatic carbocycles. The second-order valence-electron chi connectivity index (χ2n) is 25.7. The van der Waals surface area contributed by atoms with Crippen LogP contribution in [0.2, 0.25) is 0 Å². The van der Waals surface area contributed by atoms with Crippen molar-refractivity contribution in [2.45, 2.75) is 111 Å². The predicted octanol–water partition coefficient (Wildman–Crippen LogP) is 20.3. The summed E-state index contributed by atoms with van der Waals surface area (Å²) in [5.74, 6) is 1.43. The van der Waals surface area contributed by atoms with E-state index in [1.807, 2.05) is 47.0 Å². The fourth-order valence-corrected chi connectivity index (χ4v) is 12.5. The smallest absolute Gasteiger partial charge is 0.509 e. The molecule has 5 nitrogen and oxygen atoms in total. The minimum atomic E-state index is -2.46. The number of rotatable bonds is 9. The first kappa shape index (κ1) is 51.7. The van der Waals surface area contributed by atoms with E-state index in [-0.39, 0.29) is 48.3 Å². The predicted molar refractivity (Wildman–Crippen MR) is 343 cm³/mol. The second-order valence-corrected chi connectivity index (χ2v) is 25.7. The topological polar surface area (TPSA) is 33.1 Å². The Hall–Kier alpha value is -8.20. The maximum Gasteiger partial charge on any atom is 2.00 e. The van der Waals surface area contributed by atoms with Crippen molar-refractivity contribution in [3.05, 3.63) is 240 Å². The van der Waals surface area contributed by atoms with E-state index >= 15 is 0 Å². The van der Waals surface area contributed by atoms with E-state index in [1.165, 1.54) is 22.3 Å². The summed E-state index contributed by atoms with van der Waals surface area (Å²) in [6.45, 7) is 20.4. The molecule has 11 aromatic rings. The van der Waals surface area contributed by atoms with Gasteiger partial charge in [0.1, 0.15) is 11.5 Å². The summed E-state index contributed by atoms with van der Waals surface area (Å²) < 4.78 is 40.5. The maximum absolute atomic E-state index is 9.10. The van der Waals surface area contributed by atoms with Gasteiger partial charge in [-0.2, -0.15) is 12.1 Å². The zero-order chi connectivity index (χ0) is 59.4. The van der Waals surface area contributed by atoms with Gasteiger partial charge in [0.15, 0.2) is 0 Å². The molecule has 0 unspecified atom stereocenters. The molecule has 0 saturated carbocycles. The summed E-state index contributed by atoms with van der Waals surface area (Å²) in [7, 11) is 0. The number of nitrogens with zero attached hydrogens (tertiary/aromatic N) is 4. The average Bonchev–Trinajstić information content (AvgIpc) is 1.62. The van der Waals surface area contributed by atoms with Gasteiger partial charge < -0.3 is 9.30 Å². The summed E-state index contributed by atoms with van der Waals surface area (Å²) in [4.78, 5) is 5.22. The third-order valence-corrected chi connectivity index (χ3v) is 17.1. The van der Waals surface area contributed by atoms with Crippen molar-refractivity contribution in [2.24, 2.45) is 0 Å². The summed E-state index contributed by atoms with van der Waals surface area (Å²) >= 11 is 0. The zero-order valence-corrected chi connectivity index (χ0v) is 51.3. The van der Waals surface area contributed by atoms with Crippen LogP contribution < -0.4 is 13.9 Å². The molecular formula is C77H70N4OPt+2. The summed E-state index contributed by atoms with van der Waals surface area (Å²) in [5, 5.41) is 1.93. The number of benzene rings is 9. The minimum absolute atomic E-state index is 0. The Kier molecular flexibility index (Phi) is 13.0. The van der Waals surface area contributed by atoms with Crippen LogP contribution in [0.25, 0.3) is 72.1 Å². The van der Waals surface area contributed by atoms with E-state index in [4.69, 9.17) is 13.8 Å². The quantitative estimate of drug-likeness (QED) is 0.107. The van der Waals surface area contributed by atoms with Gasteiger partial charge in [0.05, 0.1) is 11.1 Å². The fraction of sp³-hybridized carbons (Fsp3) is 0.221. The Labute approximate surface area is 508 Å². The van der Waals surface area contributed by atoms with Crippen molar-refractivity contribution in [3.63, 3.8) is 0 Å². The average molecular weight is 1270 g/mol. The van der Waals surface area contributed by atoms with Crippen LogP contribution in [0.5, 0.6) is 11.5 Å². The van der Waals surface area contributed by atoms with Gasteiger partial charge in [0, 0.05) is 45.0 Å². The SMILES string of the molecule is [2H]C([2H])([2H])c1cc(-n2c3[c-]c(Oc4[c-]c([N+]5=C=[N+](c6c(-c7ccccc7)cccc6-c6cc(C(C)(C)C)cc(C(C)(C)C)c6)c6ccccc65)ccc4)ccc3c3c(-c4ccccc4)cccc32)ncc1-c1cccc2c1C(C)(C)CCC2(C)C.[Pt+2]. The van der Waals surface area contributed by atoms with Crippen molar-refractivity contribution in [3.8, 4) is 61.8 Å². The van der Waals surface area contributed by atoms with Crippen LogP contribution in [0, 0.1) is 19.0 Å². The Morgan fingerprint density at radius 3 is 1.82 bits per heavy atom. The Morgan fingerprint density at radius 1 is 0.554 bits per heavy atom. The number of fused-ring (bicyclic) bond motifs is 5. The largest absolute Gasteiger partial charge is 2.00 e. The van der Waals surface area contributed by atoms with Crippen LogP contribution in [0.3, 0.4) is 0 Å². The summed E-state index contributed by atoms with van der Waals surface area (Å²) in [6, 6.07) is 78.7. The van der Waals surface area contributed by atoms with Gasteiger partial charge in [-0.15, -0.1) is 23.6 Å². The molecule has 0 N–H and O–H groups in total. The molecule has 0 saturated heterocycles. The third-order valence-electron chi connectivity index (χ3n) is 17.1. The number of aromatic nitrogens is 2. The van der Waals surface area contributed by atoms with E-state index in [0.29, 0.717) is 28.4 Å². The number of hydrogen-bond acceptors (Lipinski definition) is 2. The molecule has 9 aromatic carbocycles. The molecular weight excluding hydrogens is 1190 g/mol. The van der Waals surface area contributed by atoms with Crippen LogP contribution in [-0.2, 0) is 42.7 Å². The van der Waals surface area contributed by atoms with Gasteiger partial charge in [0.25, 0.3) is 11.4 Å². The van der Waals surface area contributed by atoms with Crippen LogP contribution >= 0.6 is 0 Å². The Bertz CT molecular complexity index is 4520. The first-order valence-electron chi connectivity index (χ1n) is 30.2. The van der Waals surface area contributed by atoms with Crippen molar-refractivity contribution >= 4 is 50.6 Å². The molecule has 1 aliphatic heterocycles. The molecule has 0 atom stereocenters. The first-order valence-corrected chi connectivity index (χ1v) is 28.7. The molecule has 3 heterocycles. The summed E-state index contributed by atoms with van der Waals surface area (Å²) in [5.41, 5.74) is 18.3. The van der Waals surface area contributed by atoms with Gasteiger partial charge in [-0.3, -0.25) is 0 Å². The Balaban J connectivity index is 0.00000724. The molecule has 6 heteroatoms. The molecule has 0 amide bonds. The molecule has 2 aromatic heterocycles. The molecule has 13 rings (SSSR count). The van der Waals surface area contributed by atoms with Crippen LogP contribution in [0.4, 0.5) is 22.7 Å². The van der Waals surface area contributed by atoms with E-state index < -0.39 is 6.85 Å². The van der Waals surface area contributed by atoms with Gasteiger partial charge in [-0.05, 0) is 131 Å². The van der Waals surface area contributed by atoms with Crippen molar-refractivity contribution in [2.75, 3.05) is 0 Å². The molecule has 0 radical (unpaired) electrons. The molecule has 0 fully saturated rings. The normalized spacial score (nSPS) is 15.1. The molecule has 83 heavy (non-hydrogen) atoms. The van der Waals surface area contributed by atoms with Crippen LogP contribution in [-0.4, -0.2) is 15.6 Å². The fourth-order valence-electron chi connectivity index (χ4n) is 12.5. The van der Waals surface area contributed by atoms with E-state index in [9.17, 15) is 0 Å². The second kappa shape index (κ2) is 20.9. The Morgan fingerprint density at radius 2 is 1.13 bits per heavy atom. The van der Waals surface area contributed by atoms with Gasteiger partial charge in [-0.25, -0.2) is 4.98 Å². The molecule has 2 aliphatic rings. The third kappa shape index (κ3) is 9.92. The standard InChI is InChI=1S/C77H70N4O.Pt/c1-50-42-70(78-48-64(50)62-33-22-34-65-72(62)77(10,11)41-40-76(65,8)9)81-68-37-23-30-59(51-24-14-12-15-25-51)71(68)63-39-38-58(47-69(63)81)82-57-29-20-28-56(46-57)79-49-80(67-36-19-18-35-66(67)79)73-60(52-26-16-13-17-27-52)31-21-32-61(73)53-43-54(74(2,3)4)45-55(44-53)75(5,6)7;/h12-39,42-45,48H,40-41H2,1-11H3;/q;+2/i1D3;. The number of aryl methyl sites for hydroxylation is 1. The van der Waals surface area contributed by atoms with Crippen molar-refractivity contribution in [1.29, 1.82) is 0 Å². The molecule has 412 valence electrons. The first-order chi connectivity index (χ1) is 40.5. The molecule has 0 bridgehead atoms. The van der Waals surface area contributed by atoms with E-state index in [1.54, 1.807) is 12.3 Å². The van der Waals surface area contributed by atoms with Gasteiger partial charge >= 0.3 is 27.1 Å². The van der Waals surface area contributed by atoms with Crippen molar-refractivity contribution in [1.82, 2.24) is 18.7 Å². The summed E-state index contributed by atoms with van der Waals surface area (Å²) in [6.07, 6.45) is 3.82. The number of hydrogen-bond donors (Lipinski definition) is 0. The van der Waals surface area contributed by atoms with E-state index in [0.717, 1.165) is 90.8 Å². The zero-order valence-electron chi connectivity index (χ0n) is 52.0. The number of ether oxygens (including phenoxy) is 1. The van der Waals surface area contributed by atoms with Crippen LogP contribution in [0.15, 0.2) is 200 Å². The monoisotopic (exact) mass is 1260 g/mol. The van der Waals surface area contributed by atoms with Crippen LogP contribution in [0.1, 0.15) is 114 Å². The van der Waals surface area contributed by atoms with E-state index in [2.05, 4.69) is 242 Å². The maximum atomic E-state index is 9.10. The van der Waals surface area contributed by atoms with Gasteiger partial charge in [-0.1, -0.05) is 219 Å². The van der Waals surface area contributed by atoms with Crippen molar-refractivity contribution < 1.29 is 29.9 Å². The minimum Gasteiger partial charge on any atom is -0.509 e. The molecule has 0 spiro atoms. The van der Waals surface area contributed by atoms with Gasteiger partial charge in [0.2, 0.25) is 5.69 Å². The number of para-hydroxylation sites is 3. The number of pyridine rings is 1.